The summed E-state index contributed by atoms with van der Waals surface area (Å²) in [7, 11) is 1.95. The average molecular weight is 229 g/mol. The highest BCUT2D eigenvalue weighted by Gasteiger charge is 2.06. The minimum absolute atomic E-state index is 0.209. The first kappa shape index (κ1) is 11.9. The van der Waals surface area contributed by atoms with Crippen molar-refractivity contribution in [2.75, 3.05) is 0 Å². The van der Waals surface area contributed by atoms with Crippen molar-refractivity contribution in [3.63, 3.8) is 0 Å². The number of nitrogens with zero attached hydrogens (tertiary/aromatic N) is 2. The van der Waals surface area contributed by atoms with Crippen molar-refractivity contribution in [3.8, 4) is 11.1 Å². The number of hydrogen-bond donors (Lipinski definition) is 1. The van der Waals surface area contributed by atoms with E-state index in [-0.39, 0.29) is 6.04 Å². The van der Waals surface area contributed by atoms with Gasteiger partial charge in [-0.1, -0.05) is 24.3 Å². The molecule has 0 radical (unpaired) electrons. The van der Waals surface area contributed by atoms with Crippen LogP contribution in [0.2, 0.25) is 0 Å². The third-order valence-corrected chi connectivity index (χ3v) is 2.84. The molecule has 2 aromatic rings. The maximum Gasteiger partial charge on any atom is 0.0671 e. The van der Waals surface area contributed by atoms with E-state index in [1.54, 1.807) is 0 Å². The first-order chi connectivity index (χ1) is 8.06. The van der Waals surface area contributed by atoms with Crippen molar-refractivity contribution in [3.05, 3.63) is 41.7 Å². The molecule has 0 aliphatic carbocycles. The molecule has 0 amide bonds. The minimum atomic E-state index is 0.209. The number of aromatic nitrogens is 2. The lowest BCUT2D eigenvalue weighted by atomic mass is 10.0. The molecule has 0 saturated heterocycles. The van der Waals surface area contributed by atoms with Crippen LogP contribution in [0.5, 0.6) is 0 Å². The zero-order valence-electron chi connectivity index (χ0n) is 10.6. The van der Waals surface area contributed by atoms with Crippen LogP contribution in [0, 0.1) is 6.92 Å². The van der Waals surface area contributed by atoms with Gasteiger partial charge in [-0.3, -0.25) is 4.68 Å². The Labute approximate surface area is 102 Å². The van der Waals surface area contributed by atoms with Crippen LogP contribution in [-0.4, -0.2) is 15.8 Å². The van der Waals surface area contributed by atoms with Gasteiger partial charge >= 0.3 is 0 Å². The second-order valence-corrected chi connectivity index (χ2v) is 4.68. The Bertz CT molecular complexity index is 495. The van der Waals surface area contributed by atoms with E-state index < -0.39 is 0 Å². The molecule has 1 atom stereocenters. The van der Waals surface area contributed by atoms with Gasteiger partial charge in [0.25, 0.3) is 0 Å². The van der Waals surface area contributed by atoms with E-state index in [1.165, 1.54) is 16.7 Å². The summed E-state index contributed by atoms with van der Waals surface area (Å²) in [6, 6.07) is 8.78. The SMILES string of the molecule is Cc1nn(C)cc1-c1ccc(CC(C)N)cc1. The Morgan fingerprint density at radius 1 is 1.29 bits per heavy atom. The monoisotopic (exact) mass is 229 g/mol. The van der Waals surface area contributed by atoms with Crippen LogP contribution < -0.4 is 5.73 Å². The van der Waals surface area contributed by atoms with Gasteiger partial charge in [0.15, 0.2) is 0 Å². The van der Waals surface area contributed by atoms with E-state index in [2.05, 4.69) is 35.6 Å². The molecule has 0 bridgehead atoms. The number of rotatable bonds is 3. The fourth-order valence-corrected chi connectivity index (χ4v) is 2.08. The van der Waals surface area contributed by atoms with Crippen LogP contribution >= 0.6 is 0 Å². The molecule has 0 aliphatic heterocycles. The van der Waals surface area contributed by atoms with Crippen LogP contribution in [0.15, 0.2) is 30.5 Å². The number of aryl methyl sites for hydroxylation is 2. The largest absolute Gasteiger partial charge is 0.328 e. The summed E-state index contributed by atoms with van der Waals surface area (Å²) in [5, 5.41) is 4.35. The number of benzene rings is 1. The van der Waals surface area contributed by atoms with Crippen LogP contribution in [0.3, 0.4) is 0 Å². The molecule has 2 N–H and O–H groups in total. The summed E-state index contributed by atoms with van der Waals surface area (Å²) >= 11 is 0. The second kappa shape index (κ2) is 4.72. The summed E-state index contributed by atoms with van der Waals surface area (Å²) in [6.07, 6.45) is 2.97. The molecule has 3 heteroatoms. The van der Waals surface area contributed by atoms with Crippen molar-refractivity contribution >= 4 is 0 Å². The second-order valence-electron chi connectivity index (χ2n) is 4.68. The molecule has 90 valence electrons. The lowest BCUT2D eigenvalue weighted by Gasteiger charge is -2.06. The van der Waals surface area contributed by atoms with Crippen molar-refractivity contribution in [2.45, 2.75) is 26.3 Å². The highest BCUT2D eigenvalue weighted by Crippen LogP contribution is 2.22. The van der Waals surface area contributed by atoms with Gasteiger partial charge in [-0.2, -0.15) is 5.10 Å². The first-order valence-corrected chi connectivity index (χ1v) is 5.91. The quantitative estimate of drug-likeness (QED) is 0.877. The predicted octanol–water partition coefficient (Wildman–Crippen LogP) is 2.29. The molecule has 1 heterocycles. The highest BCUT2D eigenvalue weighted by molar-refractivity contribution is 5.65. The third kappa shape index (κ3) is 2.74. The first-order valence-electron chi connectivity index (χ1n) is 5.91. The van der Waals surface area contributed by atoms with Crippen molar-refractivity contribution < 1.29 is 0 Å². The Kier molecular flexibility index (Phi) is 3.29. The predicted molar refractivity (Wildman–Crippen MR) is 70.7 cm³/mol. The number of hydrogen-bond acceptors (Lipinski definition) is 2. The topological polar surface area (TPSA) is 43.8 Å². The molecule has 1 aromatic carbocycles. The van der Waals surface area contributed by atoms with Gasteiger partial charge < -0.3 is 5.73 Å². The smallest absolute Gasteiger partial charge is 0.0671 e. The fraction of sp³-hybridized carbons (Fsp3) is 0.357. The fourth-order valence-electron chi connectivity index (χ4n) is 2.08. The Morgan fingerprint density at radius 3 is 2.41 bits per heavy atom. The van der Waals surface area contributed by atoms with Gasteiger partial charge in [-0.25, -0.2) is 0 Å². The molecule has 1 aromatic heterocycles. The van der Waals surface area contributed by atoms with Crippen molar-refractivity contribution in [1.82, 2.24) is 9.78 Å². The lowest BCUT2D eigenvalue weighted by molar-refractivity contribution is 0.738. The van der Waals surface area contributed by atoms with E-state index in [4.69, 9.17) is 5.73 Å². The minimum Gasteiger partial charge on any atom is -0.328 e. The summed E-state index contributed by atoms with van der Waals surface area (Å²) in [4.78, 5) is 0. The molecular weight excluding hydrogens is 210 g/mol. The van der Waals surface area contributed by atoms with E-state index >= 15 is 0 Å². The zero-order valence-corrected chi connectivity index (χ0v) is 10.6. The van der Waals surface area contributed by atoms with E-state index in [1.807, 2.05) is 25.6 Å². The maximum atomic E-state index is 5.79. The summed E-state index contributed by atoms with van der Waals surface area (Å²) in [5.74, 6) is 0. The van der Waals surface area contributed by atoms with Crippen LogP contribution in [0.1, 0.15) is 18.2 Å². The summed E-state index contributed by atoms with van der Waals surface area (Å²) in [5.41, 5.74) is 10.5. The molecule has 17 heavy (non-hydrogen) atoms. The molecule has 1 unspecified atom stereocenters. The van der Waals surface area contributed by atoms with Gasteiger partial charge in [0.05, 0.1) is 5.69 Å². The molecule has 0 saturated carbocycles. The van der Waals surface area contributed by atoms with E-state index in [9.17, 15) is 0 Å². The zero-order chi connectivity index (χ0) is 12.4. The Hall–Kier alpha value is -1.61. The molecular formula is C14H19N3. The summed E-state index contributed by atoms with van der Waals surface area (Å²) < 4.78 is 1.85. The molecule has 0 aliphatic rings. The van der Waals surface area contributed by atoms with Crippen LogP contribution in [0.25, 0.3) is 11.1 Å². The highest BCUT2D eigenvalue weighted by atomic mass is 15.2. The molecule has 0 fully saturated rings. The Morgan fingerprint density at radius 2 is 1.94 bits per heavy atom. The van der Waals surface area contributed by atoms with Crippen molar-refractivity contribution in [2.24, 2.45) is 12.8 Å². The normalized spacial score (nSPS) is 12.7. The average Bonchev–Trinajstić information content (AvgIpc) is 2.58. The lowest BCUT2D eigenvalue weighted by Crippen LogP contribution is -2.17. The van der Waals surface area contributed by atoms with Gasteiger partial charge in [0.2, 0.25) is 0 Å². The Balaban J connectivity index is 2.26. The number of nitrogens with two attached hydrogens (primary N) is 1. The van der Waals surface area contributed by atoms with Gasteiger partial charge in [-0.15, -0.1) is 0 Å². The standard InChI is InChI=1S/C14H19N3/c1-10(15)8-12-4-6-13(7-5-12)14-9-17(3)16-11(14)2/h4-7,9-10H,8,15H2,1-3H3. The van der Waals surface area contributed by atoms with Gasteiger partial charge in [0.1, 0.15) is 0 Å². The van der Waals surface area contributed by atoms with Crippen molar-refractivity contribution in [1.29, 1.82) is 0 Å². The van der Waals surface area contributed by atoms with Crippen LogP contribution in [-0.2, 0) is 13.5 Å². The summed E-state index contributed by atoms with van der Waals surface area (Å²) in [6.45, 7) is 4.06. The third-order valence-electron chi connectivity index (χ3n) is 2.84. The van der Waals surface area contributed by atoms with E-state index in [0.29, 0.717) is 0 Å². The molecule has 0 spiro atoms. The maximum absolute atomic E-state index is 5.79. The van der Waals surface area contributed by atoms with E-state index in [0.717, 1.165) is 12.1 Å². The molecule has 3 nitrogen and oxygen atoms in total. The van der Waals surface area contributed by atoms with Gasteiger partial charge in [-0.05, 0) is 31.4 Å². The molecule has 2 rings (SSSR count). The van der Waals surface area contributed by atoms with Crippen LogP contribution in [0.4, 0.5) is 0 Å². The van der Waals surface area contributed by atoms with Gasteiger partial charge in [0, 0.05) is 24.8 Å².